The molecular weight excluding hydrogens is 312 g/mol. The fourth-order valence-corrected chi connectivity index (χ4v) is 2.15. The quantitative estimate of drug-likeness (QED) is 0.755. The van der Waals surface area contributed by atoms with Crippen molar-refractivity contribution in [3.63, 3.8) is 0 Å². The predicted octanol–water partition coefficient (Wildman–Crippen LogP) is 1.68. The van der Waals surface area contributed by atoms with Crippen LogP contribution in [0.2, 0.25) is 0 Å². The lowest BCUT2D eigenvalue weighted by Gasteiger charge is -2.16. The maximum absolute atomic E-state index is 11.9. The minimum absolute atomic E-state index is 0.0832. The number of aryl methyl sites for hydroxylation is 1. The van der Waals surface area contributed by atoms with Gasteiger partial charge in [-0.3, -0.25) is 9.78 Å². The summed E-state index contributed by atoms with van der Waals surface area (Å²) in [6.45, 7) is 3.81. The van der Waals surface area contributed by atoms with Crippen LogP contribution in [-0.4, -0.2) is 38.1 Å². The molecule has 0 fully saturated rings. The monoisotopic (exact) mass is 332 g/mol. The fourth-order valence-electron chi connectivity index (χ4n) is 2.15. The van der Waals surface area contributed by atoms with Gasteiger partial charge in [0, 0.05) is 30.8 Å². The molecule has 2 rings (SSSR count). The summed E-state index contributed by atoms with van der Waals surface area (Å²) in [5, 5.41) is 15.5. The van der Waals surface area contributed by atoms with E-state index in [2.05, 4.69) is 20.4 Å². The minimum atomic E-state index is -1.03. The lowest BCUT2D eigenvalue weighted by molar-refractivity contribution is -0.142. The molecule has 1 amide bonds. The van der Waals surface area contributed by atoms with Gasteiger partial charge in [0.05, 0.1) is 0 Å². The van der Waals surface area contributed by atoms with E-state index in [-0.39, 0.29) is 24.7 Å². The molecule has 0 aliphatic carbocycles. The SMILES string of the molecule is CC(C)C[C@@H](NC(=O)CCc1nc(-c2ccncc2)no1)C(=O)O. The van der Waals surface area contributed by atoms with Crippen molar-refractivity contribution in [3.8, 4) is 11.4 Å². The van der Waals surface area contributed by atoms with Gasteiger partial charge in [0.25, 0.3) is 0 Å². The van der Waals surface area contributed by atoms with E-state index in [4.69, 9.17) is 9.63 Å². The second kappa shape index (κ2) is 8.19. The summed E-state index contributed by atoms with van der Waals surface area (Å²) in [5.41, 5.74) is 0.771. The second-order valence-electron chi connectivity index (χ2n) is 5.84. The van der Waals surface area contributed by atoms with Gasteiger partial charge in [0.2, 0.25) is 17.6 Å². The maximum Gasteiger partial charge on any atom is 0.326 e. The Balaban J connectivity index is 1.88. The first-order chi connectivity index (χ1) is 11.5. The summed E-state index contributed by atoms with van der Waals surface area (Å²) in [6.07, 6.45) is 3.96. The molecule has 0 spiro atoms. The van der Waals surface area contributed by atoms with E-state index in [1.54, 1.807) is 24.5 Å². The van der Waals surface area contributed by atoms with E-state index in [0.29, 0.717) is 18.1 Å². The lowest BCUT2D eigenvalue weighted by atomic mass is 10.0. The van der Waals surface area contributed by atoms with E-state index in [1.165, 1.54) is 0 Å². The third-order valence-corrected chi connectivity index (χ3v) is 3.31. The van der Waals surface area contributed by atoms with E-state index in [9.17, 15) is 9.59 Å². The maximum atomic E-state index is 11.9. The molecule has 0 saturated heterocycles. The van der Waals surface area contributed by atoms with Crippen LogP contribution in [-0.2, 0) is 16.0 Å². The number of pyridine rings is 1. The van der Waals surface area contributed by atoms with Gasteiger partial charge in [0.15, 0.2) is 0 Å². The Bertz CT molecular complexity index is 684. The predicted molar refractivity (Wildman–Crippen MR) is 84.9 cm³/mol. The average Bonchev–Trinajstić information content (AvgIpc) is 3.01. The van der Waals surface area contributed by atoms with Gasteiger partial charge in [-0.2, -0.15) is 4.98 Å². The molecule has 2 heterocycles. The van der Waals surface area contributed by atoms with Gasteiger partial charge in [-0.05, 0) is 24.5 Å². The van der Waals surface area contributed by atoms with Gasteiger partial charge in [-0.25, -0.2) is 4.79 Å². The Labute approximate surface area is 139 Å². The highest BCUT2D eigenvalue weighted by molar-refractivity contribution is 5.83. The van der Waals surface area contributed by atoms with Crippen LogP contribution in [0.5, 0.6) is 0 Å². The minimum Gasteiger partial charge on any atom is -0.480 e. The van der Waals surface area contributed by atoms with Crippen LogP contribution in [0.3, 0.4) is 0 Å². The highest BCUT2D eigenvalue weighted by Gasteiger charge is 2.21. The first-order valence-electron chi connectivity index (χ1n) is 7.71. The van der Waals surface area contributed by atoms with Crippen LogP contribution in [0.4, 0.5) is 0 Å². The number of nitrogens with zero attached hydrogens (tertiary/aromatic N) is 3. The highest BCUT2D eigenvalue weighted by atomic mass is 16.5. The molecule has 0 radical (unpaired) electrons. The molecule has 0 aliphatic rings. The first kappa shape index (κ1) is 17.6. The van der Waals surface area contributed by atoms with Crippen LogP contribution in [0.1, 0.15) is 32.6 Å². The molecule has 2 aromatic heterocycles. The zero-order valence-corrected chi connectivity index (χ0v) is 13.6. The van der Waals surface area contributed by atoms with Crippen molar-refractivity contribution in [2.24, 2.45) is 5.92 Å². The number of hydrogen-bond donors (Lipinski definition) is 2. The molecule has 8 nitrogen and oxygen atoms in total. The van der Waals surface area contributed by atoms with Crippen LogP contribution >= 0.6 is 0 Å². The number of carboxylic acids is 1. The molecule has 8 heteroatoms. The second-order valence-corrected chi connectivity index (χ2v) is 5.84. The van der Waals surface area contributed by atoms with E-state index < -0.39 is 12.0 Å². The Hall–Kier alpha value is -2.77. The number of carbonyl (C=O) groups is 2. The van der Waals surface area contributed by atoms with Crippen molar-refractivity contribution < 1.29 is 19.2 Å². The van der Waals surface area contributed by atoms with Gasteiger partial charge in [-0.1, -0.05) is 19.0 Å². The van der Waals surface area contributed by atoms with E-state index in [1.807, 2.05) is 13.8 Å². The van der Waals surface area contributed by atoms with Crippen molar-refractivity contribution in [3.05, 3.63) is 30.4 Å². The Kier molecular flexibility index (Phi) is 6.00. The van der Waals surface area contributed by atoms with Crippen LogP contribution in [0.15, 0.2) is 29.0 Å². The number of aromatic nitrogens is 3. The normalized spacial score (nSPS) is 12.1. The molecule has 2 N–H and O–H groups in total. The number of rotatable bonds is 8. The average molecular weight is 332 g/mol. The summed E-state index contributed by atoms with van der Waals surface area (Å²) in [5.74, 6) is -0.462. The number of hydrogen-bond acceptors (Lipinski definition) is 6. The molecule has 128 valence electrons. The number of carbonyl (C=O) groups excluding carboxylic acids is 1. The van der Waals surface area contributed by atoms with Crippen LogP contribution in [0.25, 0.3) is 11.4 Å². The topological polar surface area (TPSA) is 118 Å². The highest BCUT2D eigenvalue weighted by Crippen LogP contribution is 2.14. The van der Waals surface area contributed by atoms with Gasteiger partial charge >= 0.3 is 5.97 Å². The largest absolute Gasteiger partial charge is 0.480 e. The molecule has 0 aliphatic heterocycles. The molecule has 0 unspecified atom stereocenters. The summed E-state index contributed by atoms with van der Waals surface area (Å²) in [4.78, 5) is 31.2. The molecule has 0 aromatic carbocycles. The summed E-state index contributed by atoms with van der Waals surface area (Å²) < 4.78 is 5.11. The summed E-state index contributed by atoms with van der Waals surface area (Å²) in [6, 6.07) is 2.63. The Morgan fingerprint density at radius 1 is 1.29 bits per heavy atom. The summed E-state index contributed by atoms with van der Waals surface area (Å²) >= 11 is 0. The Morgan fingerprint density at radius 3 is 2.62 bits per heavy atom. The molecule has 0 saturated carbocycles. The third kappa shape index (κ3) is 5.15. The van der Waals surface area contributed by atoms with Gasteiger partial charge < -0.3 is 14.9 Å². The standard InChI is InChI=1S/C16H20N4O4/c1-10(2)9-12(16(22)23)18-13(21)3-4-14-19-15(20-24-14)11-5-7-17-8-6-11/h5-8,10,12H,3-4,9H2,1-2H3,(H,18,21)(H,22,23)/t12-/m1/s1. The van der Waals surface area contributed by atoms with Crippen molar-refractivity contribution in [1.82, 2.24) is 20.4 Å². The first-order valence-corrected chi connectivity index (χ1v) is 7.71. The smallest absolute Gasteiger partial charge is 0.326 e. The van der Waals surface area contributed by atoms with Crippen molar-refractivity contribution in [2.45, 2.75) is 39.2 Å². The van der Waals surface area contributed by atoms with Crippen molar-refractivity contribution in [2.75, 3.05) is 0 Å². The van der Waals surface area contributed by atoms with Crippen LogP contribution < -0.4 is 5.32 Å². The van der Waals surface area contributed by atoms with Crippen LogP contribution in [0, 0.1) is 5.92 Å². The van der Waals surface area contributed by atoms with Crippen molar-refractivity contribution in [1.29, 1.82) is 0 Å². The third-order valence-electron chi connectivity index (χ3n) is 3.31. The zero-order chi connectivity index (χ0) is 17.5. The van der Waals surface area contributed by atoms with Crippen molar-refractivity contribution >= 4 is 11.9 Å². The fraction of sp³-hybridized carbons (Fsp3) is 0.438. The molecular formula is C16H20N4O4. The van der Waals surface area contributed by atoms with E-state index in [0.717, 1.165) is 5.56 Å². The molecule has 0 bridgehead atoms. The molecule has 2 aromatic rings. The zero-order valence-electron chi connectivity index (χ0n) is 13.6. The lowest BCUT2D eigenvalue weighted by Crippen LogP contribution is -2.41. The van der Waals surface area contributed by atoms with E-state index >= 15 is 0 Å². The summed E-state index contributed by atoms with van der Waals surface area (Å²) in [7, 11) is 0. The Morgan fingerprint density at radius 2 is 2.00 bits per heavy atom. The molecule has 1 atom stereocenters. The molecule has 24 heavy (non-hydrogen) atoms. The number of carboxylic acid groups (broad SMARTS) is 1. The van der Waals surface area contributed by atoms with Gasteiger partial charge in [-0.15, -0.1) is 0 Å². The number of aliphatic carboxylic acids is 1. The number of nitrogens with one attached hydrogen (secondary N) is 1. The van der Waals surface area contributed by atoms with Gasteiger partial charge in [0.1, 0.15) is 6.04 Å². The number of amides is 1.